The lowest BCUT2D eigenvalue weighted by molar-refractivity contribution is 1.29. The van der Waals surface area contributed by atoms with Gasteiger partial charge in [0.2, 0.25) is 0 Å². The summed E-state index contributed by atoms with van der Waals surface area (Å²) in [6.45, 7) is 2.20. The molecule has 0 bridgehead atoms. The molecule has 0 fully saturated rings. The largest absolute Gasteiger partial charge is 0.310 e. The first-order valence-electron chi connectivity index (χ1n) is 13.5. The molecule has 0 unspecified atom stereocenters. The predicted molar refractivity (Wildman–Crippen MR) is 173 cm³/mol. The van der Waals surface area contributed by atoms with Gasteiger partial charge in [0.15, 0.2) is 0 Å². The Morgan fingerprint density at radius 3 is 1.40 bits per heavy atom. The number of hydrogen-bond donors (Lipinski definition) is 0. The van der Waals surface area contributed by atoms with Crippen LogP contribution in [0.3, 0.4) is 0 Å². The van der Waals surface area contributed by atoms with Gasteiger partial charge in [-0.3, -0.25) is 0 Å². The van der Waals surface area contributed by atoms with Crippen molar-refractivity contribution in [3.63, 3.8) is 0 Å². The van der Waals surface area contributed by atoms with E-state index in [4.69, 9.17) is 0 Å². The van der Waals surface area contributed by atoms with E-state index in [0.29, 0.717) is 0 Å². The zero-order valence-electron chi connectivity index (χ0n) is 22.2. The smallest absolute Gasteiger partial charge is 0.0643 e. The molecule has 0 N–H and O–H groups in total. The fraction of sp³-hybridized carbons (Fsp3) is 0.0270. The van der Waals surface area contributed by atoms with E-state index in [1.165, 1.54) is 31.4 Å². The quantitative estimate of drug-likeness (QED) is 0.210. The Morgan fingerprint density at radius 1 is 0.425 bits per heavy atom. The summed E-state index contributed by atoms with van der Waals surface area (Å²) in [7, 11) is 0. The van der Waals surface area contributed by atoms with Crippen LogP contribution in [-0.4, -0.2) is 0 Å². The predicted octanol–water partition coefficient (Wildman–Crippen LogP) is 11.3. The summed E-state index contributed by atoms with van der Waals surface area (Å²) in [5, 5.41) is 2.56. The maximum Gasteiger partial charge on any atom is 0.0643 e. The average Bonchev–Trinajstić information content (AvgIpc) is 3.38. The molecule has 0 aliphatic heterocycles. The molecule has 6 aromatic carbocycles. The molecule has 0 aliphatic carbocycles. The molecule has 192 valence electrons. The number of hydrogen-bond acceptors (Lipinski definition) is 3. The fourth-order valence-electron chi connectivity index (χ4n) is 5.48. The Kier molecular flexibility index (Phi) is 6.27. The van der Waals surface area contributed by atoms with Crippen LogP contribution in [0.2, 0.25) is 0 Å². The molecule has 0 saturated heterocycles. The third-order valence-corrected chi connectivity index (χ3v) is 8.44. The summed E-state index contributed by atoms with van der Waals surface area (Å²) in [4.78, 5) is 4.71. The molecule has 1 heterocycles. The normalized spacial score (nSPS) is 11.1. The zero-order chi connectivity index (χ0) is 26.9. The van der Waals surface area contributed by atoms with Crippen LogP contribution >= 0.6 is 11.3 Å². The number of rotatable bonds is 6. The van der Waals surface area contributed by atoms with E-state index in [1.54, 1.807) is 0 Å². The maximum absolute atomic E-state index is 2.38. The molecule has 1 aromatic heterocycles. The van der Waals surface area contributed by atoms with Crippen LogP contribution in [0.5, 0.6) is 0 Å². The molecular formula is C37H28N2S. The molecule has 0 amide bonds. The minimum Gasteiger partial charge on any atom is -0.310 e. The van der Waals surface area contributed by atoms with Crippen LogP contribution in [0.1, 0.15) is 5.56 Å². The minimum atomic E-state index is 1.14. The second kappa shape index (κ2) is 10.4. The van der Waals surface area contributed by atoms with Gasteiger partial charge in [0.05, 0.1) is 10.4 Å². The van der Waals surface area contributed by atoms with Gasteiger partial charge in [-0.1, -0.05) is 72.8 Å². The molecule has 7 aromatic rings. The first kappa shape index (κ1) is 24.2. The van der Waals surface area contributed by atoms with Crippen LogP contribution < -0.4 is 9.80 Å². The Morgan fingerprint density at radius 2 is 0.900 bits per heavy atom. The van der Waals surface area contributed by atoms with E-state index < -0.39 is 0 Å². The van der Waals surface area contributed by atoms with Crippen LogP contribution in [-0.2, 0) is 0 Å². The standard InChI is InChI=1S/C37H28N2S/c1-27-24-34-33-26-32(38(28-14-6-2-7-15-28)29-16-8-3-9-17-29)22-23-36(33)40-37(34)35(25-27)39(30-18-10-4-11-19-30)31-20-12-5-13-21-31/h2-26H,1H3. The molecule has 40 heavy (non-hydrogen) atoms. The van der Waals surface area contributed by atoms with Gasteiger partial charge in [-0.2, -0.15) is 0 Å². The van der Waals surface area contributed by atoms with Crippen molar-refractivity contribution in [1.82, 2.24) is 0 Å². The van der Waals surface area contributed by atoms with Crippen molar-refractivity contribution in [1.29, 1.82) is 0 Å². The lowest BCUT2D eigenvalue weighted by Crippen LogP contribution is -2.10. The van der Waals surface area contributed by atoms with E-state index in [2.05, 4.69) is 168 Å². The van der Waals surface area contributed by atoms with Gasteiger partial charge in [0.25, 0.3) is 0 Å². The first-order chi connectivity index (χ1) is 19.8. The summed E-state index contributed by atoms with van der Waals surface area (Å²) in [5.41, 5.74) is 8.19. The summed E-state index contributed by atoms with van der Waals surface area (Å²) >= 11 is 1.87. The number of thiophene rings is 1. The van der Waals surface area contributed by atoms with Gasteiger partial charge in [0, 0.05) is 43.9 Å². The number of aryl methyl sites for hydroxylation is 1. The van der Waals surface area contributed by atoms with Gasteiger partial charge in [-0.05, 0) is 91.3 Å². The molecule has 0 saturated carbocycles. The number of nitrogens with zero attached hydrogens (tertiary/aromatic N) is 2. The van der Waals surface area contributed by atoms with Crippen LogP contribution in [0, 0.1) is 6.92 Å². The summed E-state index contributed by atoms with van der Waals surface area (Å²) < 4.78 is 2.57. The molecule has 3 heteroatoms. The van der Waals surface area contributed by atoms with E-state index >= 15 is 0 Å². The highest BCUT2D eigenvalue weighted by molar-refractivity contribution is 7.26. The maximum atomic E-state index is 2.38. The number of anilines is 6. The van der Waals surface area contributed by atoms with Crippen molar-refractivity contribution in [2.45, 2.75) is 6.92 Å². The van der Waals surface area contributed by atoms with Crippen molar-refractivity contribution in [2.24, 2.45) is 0 Å². The van der Waals surface area contributed by atoms with Gasteiger partial charge >= 0.3 is 0 Å². The van der Waals surface area contributed by atoms with Crippen molar-refractivity contribution in [3.8, 4) is 0 Å². The zero-order valence-corrected chi connectivity index (χ0v) is 23.1. The molecule has 0 spiro atoms. The SMILES string of the molecule is Cc1cc(N(c2ccccc2)c2ccccc2)c2sc3ccc(N(c4ccccc4)c4ccccc4)cc3c2c1. The van der Waals surface area contributed by atoms with Gasteiger partial charge in [-0.15, -0.1) is 11.3 Å². The second-order valence-electron chi connectivity index (χ2n) is 9.96. The summed E-state index contributed by atoms with van der Waals surface area (Å²) in [6, 6.07) is 54.1. The third kappa shape index (κ3) is 4.41. The number of para-hydroxylation sites is 4. The number of fused-ring (bicyclic) bond motifs is 3. The topological polar surface area (TPSA) is 6.48 Å². The summed E-state index contributed by atoms with van der Waals surface area (Å²) in [6.07, 6.45) is 0. The van der Waals surface area contributed by atoms with Gasteiger partial charge < -0.3 is 9.80 Å². The molecule has 0 aliphatic rings. The van der Waals surface area contributed by atoms with Crippen molar-refractivity contribution in [2.75, 3.05) is 9.80 Å². The van der Waals surface area contributed by atoms with Crippen LogP contribution in [0.4, 0.5) is 34.1 Å². The monoisotopic (exact) mass is 532 g/mol. The van der Waals surface area contributed by atoms with E-state index in [9.17, 15) is 0 Å². The van der Waals surface area contributed by atoms with E-state index in [1.807, 2.05) is 11.3 Å². The van der Waals surface area contributed by atoms with Crippen LogP contribution in [0.15, 0.2) is 152 Å². The highest BCUT2D eigenvalue weighted by Crippen LogP contribution is 2.47. The summed E-state index contributed by atoms with van der Waals surface area (Å²) in [5.74, 6) is 0. The van der Waals surface area contributed by atoms with Gasteiger partial charge in [-0.25, -0.2) is 0 Å². The van der Waals surface area contributed by atoms with Crippen LogP contribution in [0.25, 0.3) is 20.2 Å². The molecule has 7 rings (SSSR count). The Balaban J connectivity index is 1.45. The van der Waals surface area contributed by atoms with Gasteiger partial charge in [0.1, 0.15) is 0 Å². The third-order valence-electron chi connectivity index (χ3n) is 7.24. The average molecular weight is 533 g/mol. The van der Waals surface area contributed by atoms with Crippen molar-refractivity contribution >= 4 is 65.6 Å². The highest BCUT2D eigenvalue weighted by Gasteiger charge is 2.20. The van der Waals surface area contributed by atoms with E-state index in [0.717, 1.165) is 28.4 Å². The number of benzene rings is 6. The lowest BCUT2D eigenvalue weighted by atomic mass is 10.1. The molecule has 0 radical (unpaired) electrons. The van der Waals surface area contributed by atoms with E-state index in [-0.39, 0.29) is 0 Å². The Bertz CT molecular complexity index is 1820. The first-order valence-corrected chi connectivity index (χ1v) is 14.4. The molecular weight excluding hydrogens is 504 g/mol. The minimum absolute atomic E-state index is 1.14. The van der Waals surface area contributed by atoms with Crippen molar-refractivity contribution < 1.29 is 0 Å². The molecule has 2 nitrogen and oxygen atoms in total. The molecule has 0 atom stereocenters. The Labute approximate surface area is 239 Å². The highest BCUT2D eigenvalue weighted by atomic mass is 32.1. The second-order valence-corrected chi connectivity index (χ2v) is 11.0. The Hall–Kier alpha value is -4.86. The lowest BCUT2D eigenvalue weighted by Gasteiger charge is -2.26. The van der Waals surface area contributed by atoms with Crippen molar-refractivity contribution in [3.05, 3.63) is 157 Å². The fourth-order valence-corrected chi connectivity index (χ4v) is 6.65.